The molecule has 2 aromatic heterocycles. The third kappa shape index (κ3) is 3.97. The third-order valence-corrected chi connectivity index (χ3v) is 5.46. The lowest BCUT2D eigenvalue weighted by Crippen LogP contribution is -2.20. The summed E-state index contributed by atoms with van der Waals surface area (Å²) in [4.78, 5) is 25.1. The van der Waals surface area contributed by atoms with Gasteiger partial charge in [-0.3, -0.25) is 18.6 Å². The van der Waals surface area contributed by atoms with E-state index in [1.807, 2.05) is 32.0 Å². The Morgan fingerprint density at radius 1 is 1.13 bits per heavy atom. The molecule has 4 rings (SSSR count). The van der Waals surface area contributed by atoms with Gasteiger partial charge in [0.25, 0.3) is 0 Å². The average molecular weight is 423 g/mol. The van der Waals surface area contributed by atoms with Gasteiger partial charge in [0, 0.05) is 18.1 Å². The first-order chi connectivity index (χ1) is 14.4. The van der Waals surface area contributed by atoms with Crippen molar-refractivity contribution in [3.63, 3.8) is 0 Å². The maximum atomic E-state index is 13.5. The largest absolute Gasteiger partial charge is 0.325 e. The molecule has 2 heterocycles. The molecule has 0 aliphatic heterocycles. The van der Waals surface area contributed by atoms with E-state index in [2.05, 4.69) is 15.5 Å². The Hall–Kier alpha value is -3.46. The maximum Gasteiger partial charge on any atom is 0.300 e. The predicted molar refractivity (Wildman–Crippen MR) is 114 cm³/mol. The smallest absolute Gasteiger partial charge is 0.300 e. The van der Waals surface area contributed by atoms with Crippen LogP contribution in [-0.2, 0) is 4.79 Å². The molecule has 4 aromatic rings. The molecule has 0 unspecified atom stereocenters. The topological polar surface area (TPSA) is 81.3 Å². The number of fused-ring (bicyclic) bond motifs is 1. The molecule has 0 radical (unpaired) electrons. The highest BCUT2D eigenvalue weighted by molar-refractivity contribution is 7.99. The summed E-state index contributed by atoms with van der Waals surface area (Å²) >= 11 is 1.17. The second-order valence-corrected chi connectivity index (χ2v) is 7.73. The van der Waals surface area contributed by atoms with Crippen LogP contribution in [0, 0.1) is 19.7 Å². The molecule has 0 atom stereocenters. The minimum absolute atomic E-state index is 0.0963. The number of rotatable bonds is 5. The zero-order chi connectivity index (χ0) is 21.3. The fourth-order valence-corrected chi connectivity index (χ4v) is 3.78. The van der Waals surface area contributed by atoms with Gasteiger partial charge in [-0.2, -0.15) is 0 Å². The predicted octanol–water partition coefficient (Wildman–Crippen LogP) is 3.37. The van der Waals surface area contributed by atoms with Gasteiger partial charge in [0.1, 0.15) is 5.82 Å². The lowest BCUT2D eigenvalue weighted by atomic mass is 10.1. The summed E-state index contributed by atoms with van der Waals surface area (Å²) in [6.07, 6.45) is 3.14. The minimum Gasteiger partial charge on any atom is -0.325 e. The van der Waals surface area contributed by atoms with Crippen molar-refractivity contribution >= 4 is 29.0 Å². The van der Waals surface area contributed by atoms with Crippen LogP contribution in [0.3, 0.4) is 0 Å². The number of amides is 1. The summed E-state index contributed by atoms with van der Waals surface area (Å²) in [5.74, 6) is -0.509. The van der Waals surface area contributed by atoms with E-state index in [-0.39, 0.29) is 17.3 Å². The molecule has 0 saturated heterocycles. The van der Waals surface area contributed by atoms with Crippen LogP contribution in [0.15, 0.2) is 64.8 Å². The van der Waals surface area contributed by atoms with Crippen LogP contribution in [-0.4, -0.2) is 30.8 Å². The summed E-state index contributed by atoms with van der Waals surface area (Å²) in [5, 5.41) is 11.3. The van der Waals surface area contributed by atoms with Crippen LogP contribution in [0.5, 0.6) is 0 Å². The highest BCUT2D eigenvalue weighted by atomic mass is 32.2. The molecule has 7 nitrogen and oxygen atoms in total. The quantitative estimate of drug-likeness (QED) is 0.498. The molecule has 30 heavy (non-hydrogen) atoms. The SMILES string of the molecule is Cc1ccc(NC(=O)CSc2nnc3c(=O)n(-c4cccc(F)c4)ccn23)c(C)c1. The summed E-state index contributed by atoms with van der Waals surface area (Å²) in [6, 6.07) is 11.5. The molecule has 0 aliphatic carbocycles. The van der Waals surface area contributed by atoms with Crippen molar-refractivity contribution in [1.82, 2.24) is 19.2 Å². The Labute approximate surface area is 175 Å². The number of carbonyl (C=O) groups excluding carboxylic acids is 1. The molecule has 0 saturated carbocycles. The molecule has 2 aromatic carbocycles. The fraction of sp³-hybridized carbons (Fsp3) is 0.143. The minimum atomic E-state index is -0.438. The zero-order valence-electron chi connectivity index (χ0n) is 16.3. The zero-order valence-corrected chi connectivity index (χ0v) is 17.1. The Morgan fingerprint density at radius 3 is 2.73 bits per heavy atom. The van der Waals surface area contributed by atoms with Gasteiger partial charge in [0.15, 0.2) is 5.16 Å². The fourth-order valence-electron chi connectivity index (χ4n) is 3.06. The number of aryl methyl sites for hydroxylation is 2. The Morgan fingerprint density at radius 2 is 1.97 bits per heavy atom. The van der Waals surface area contributed by atoms with E-state index in [0.29, 0.717) is 10.8 Å². The van der Waals surface area contributed by atoms with Crippen LogP contribution in [0.4, 0.5) is 10.1 Å². The number of aromatic nitrogens is 4. The number of carbonyl (C=O) groups is 1. The second-order valence-electron chi connectivity index (χ2n) is 6.78. The Balaban J connectivity index is 1.52. The number of thioether (sulfide) groups is 1. The molecule has 152 valence electrons. The van der Waals surface area contributed by atoms with Crippen molar-refractivity contribution in [3.8, 4) is 5.69 Å². The molecule has 0 bridgehead atoms. The first-order valence-electron chi connectivity index (χ1n) is 9.14. The molecular weight excluding hydrogens is 405 g/mol. The third-order valence-electron chi connectivity index (χ3n) is 4.51. The highest BCUT2D eigenvalue weighted by Gasteiger charge is 2.14. The van der Waals surface area contributed by atoms with Crippen molar-refractivity contribution in [2.45, 2.75) is 19.0 Å². The normalized spacial score (nSPS) is 11.0. The molecule has 1 N–H and O–H groups in total. The van der Waals surface area contributed by atoms with Gasteiger partial charge in [0.2, 0.25) is 11.6 Å². The summed E-state index contributed by atoms with van der Waals surface area (Å²) in [7, 11) is 0. The van der Waals surface area contributed by atoms with Gasteiger partial charge < -0.3 is 5.32 Å². The molecule has 0 aliphatic rings. The van der Waals surface area contributed by atoms with Crippen molar-refractivity contribution in [2.24, 2.45) is 0 Å². The van der Waals surface area contributed by atoms with Gasteiger partial charge >= 0.3 is 5.56 Å². The first kappa shape index (κ1) is 19.8. The average Bonchev–Trinajstić information content (AvgIpc) is 3.13. The van der Waals surface area contributed by atoms with E-state index in [1.54, 1.807) is 12.3 Å². The summed E-state index contributed by atoms with van der Waals surface area (Å²) < 4.78 is 16.3. The summed E-state index contributed by atoms with van der Waals surface area (Å²) in [6.45, 7) is 3.93. The number of benzene rings is 2. The van der Waals surface area contributed by atoms with Crippen molar-refractivity contribution in [2.75, 3.05) is 11.1 Å². The van der Waals surface area contributed by atoms with E-state index in [1.165, 1.54) is 45.1 Å². The van der Waals surface area contributed by atoms with E-state index >= 15 is 0 Å². The molecule has 9 heteroatoms. The first-order valence-corrected chi connectivity index (χ1v) is 10.1. The molecule has 0 spiro atoms. The van der Waals surface area contributed by atoms with Crippen molar-refractivity contribution < 1.29 is 9.18 Å². The van der Waals surface area contributed by atoms with Crippen molar-refractivity contribution in [1.29, 1.82) is 0 Å². The van der Waals surface area contributed by atoms with Crippen LogP contribution < -0.4 is 10.9 Å². The monoisotopic (exact) mass is 423 g/mol. The maximum absolute atomic E-state index is 13.5. The van der Waals surface area contributed by atoms with E-state index in [9.17, 15) is 14.0 Å². The van der Waals surface area contributed by atoms with Gasteiger partial charge in [-0.05, 0) is 43.7 Å². The highest BCUT2D eigenvalue weighted by Crippen LogP contribution is 2.19. The molecular formula is C21H18FN5O2S. The van der Waals surface area contributed by atoms with Gasteiger partial charge in [0.05, 0.1) is 11.4 Å². The van der Waals surface area contributed by atoms with Crippen LogP contribution in [0.1, 0.15) is 11.1 Å². The lowest BCUT2D eigenvalue weighted by molar-refractivity contribution is -0.113. The van der Waals surface area contributed by atoms with Gasteiger partial charge in [-0.15, -0.1) is 10.2 Å². The standard InChI is InChI=1S/C21H18FN5O2S/c1-13-6-7-17(14(2)10-13)23-18(28)12-30-21-25-24-19-20(29)26(8-9-27(19)21)16-5-3-4-15(22)11-16/h3-11H,12H2,1-2H3,(H,23,28). The summed E-state index contributed by atoms with van der Waals surface area (Å²) in [5.41, 5.74) is 2.93. The number of nitrogens with zero attached hydrogens (tertiary/aromatic N) is 4. The number of hydrogen-bond acceptors (Lipinski definition) is 5. The second kappa shape index (κ2) is 8.11. The number of hydrogen-bond donors (Lipinski definition) is 1. The van der Waals surface area contributed by atoms with Gasteiger partial charge in [-0.1, -0.05) is 35.5 Å². The number of nitrogens with one attached hydrogen (secondary N) is 1. The van der Waals surface area contributed by atoms with E-state index in [4.69, 9.17) is 0 Å². The molecule has 1 amide bonds. The van der Waals surface area contributed by atoms with Crippen LogP contribution >= 0.6 is 11.8 Å². The number of anilines is 1. The Kier molecular flexibility index (Phi) is 5.37. The van der Waals surface area contributed by atoms with Crippen LogP contribution in [0.25, 0.3) is 11.3 Å². The Bertz CT molecular complexity index is 1310. The van der Waals surface area contributed by atoms with E-state index in [0.717, 1.165) is 16.8 Å². The molecule has 0 fully saturated rings. The van der Waals surface area contributed by atoms with Crippen molar-refractivity contribution in [3.05, 3.63) is 82.2 Å². The number of halogens is 1. The van der Waals surface area contributed by atoms with E-state index < -0.39 is 11.4 Å². The van der Waals surface area contributed by atoms with Crippen LogP contribution in [0.2, 0.25) is 0 Å². The van der Waals surface area contributed by atoms with Gasteiger partial charge in [-0.25, -0.2) is 4.39 Å². The lowest BCUT2D eigenvalue weighted by Gasteiger charge is -2.09.